The molecule has 0 aliphatic carbocycles. The highest BCUT2D eigenvalue weighted by molar-refractivity contribution is 5.62. The Kier molecular flexibility index (Phi) is 13.1. The fourth-order valence-corrected chi connectivity index (χ4v) is 3.34. The molecule has 140 valence electrons. The lowest BCUT2D eigenvalue weighted by Crippen LogP contribution is -2.37. The Balaban J connectivity index is 1.86. The molecule has 0 amide bonds. The van der Waals surface area contributed by atoms with E-state index in [1.165, 1.54) is 64.2 Å². The fourth-order valence-electron chi connectivity index (χ4n) is 3.34. The van der Waals surface area contributed by atoms with Crippen LogP contribution in [0.5, 0.6) is 0 Å². The summed E-state index contributed by atoms with van der Waals surface area (Å²) in [6, 6.07) is 0. The number of unbranched alkanes of at least 4 members (excludes halogenated alkanes) is 10. The Morgan fingerprint density at radius 3 is 2.21 bits per heavy atom. The summed E-state index contributed by atoms with van der Waals surface area (Å²) in [5.41, 5.74) is 0. The minimum absolute atomic E-state index is 0.190. The van der Waals surface area contributed by atoms with E-state index >= 15 is 0 Å². The maximum absolute atomic E-state index is 9.67. The van der Waals surface area contributed by atoms with Gasteiger partial charge in [-0.05, 0) is 39.0 Å². The van der Waals surface area contributed by atoms with Gasteiger partial charge in [-0.3, -0.25) is 9.89 Å². The molecular formula is C21H40N2O. The molecule has 1 aliphatic rings. The lowest BCUT2D eigenvalue weighted by atomic mass is 10.1. The molecule has 0 radical (unpaired) electrons. The molecule has 0 aromatic rings. The van der Waals surface area contributed by atoms with Crippen LogP contribution >= 0.6 is 0 Å². The highest BCUT2D eigenvalue weighted by Crippen LogP contribution is 2.16. The zero-order chi connectivity index (χ0) is 17.5. The lowest BCUT2D eigenvalue weighted by molar-refractivity contribution is 0.00732. The molecule has 1 aliphatic heterocycles. The SMILES string of the molecule is CCCCCCCCCCC/C=C/CCCC1N=CCN1C(C)O. The average molecular weight is 337 g/mol. The van der Waals surface area contributed by atoms with Gasteiger partial charge in [-0.25, -0.2) is 0 Å². The second-order valence-corrected chi connectivity index (χ2v) is 7.16. The number of nitrogens with zero attached hydrogens (tertiary/aromatic N) is 2. The van der Waals surface area contributed by atoms with Gasteiger partial charge >= 0.3 is 0 Å². The predicted molar refractivity (Wildman–Crippen MR) is 106 cm³/mol. The second kappa shape index (κ2) is 14.7. The van der Waals surface area contributed by atoms with Gasteiger partial charge < -0.3 is 5.11 Å². The summed E-state index contributed by atoms with van der Waals surface area (Å²) in [6.45, 7) is 4.89. The highest BCUT2D eigenvalue weighted by Gasteiger charge is 2.23. The van der Waals surface area contributed by atoms with Gasteiger partial charge in [0.05, 0.1) is 0 Å². The van der Waals surface area contributed by atoms with Gasteiger partial charge in [0.2, 0.25) is 0 Å². The molecule has 24 heavy (non-hydrogen) atoms. The van der Waals surface area contributed by atoms with Crippen molar-refractivity contribution in [2.45, 2.75) is 110 Å². The summed E-state index contributed by atoms with van der Waals surface area (Å²) in [7, 11) is 0. The molecule has 3 nitrogen and oxygen atoms in total. The van der Waals surface area contributed by atoms with Gasteiger partial charge in [-0.1, -0.05) is 70.4 Å². The molecule has 1 N–H and O–H groups in total. The number of aliphatic imine (C=N–C) groups is 1. The highest BCUT2D eigenvalue weighted by atomic mass is 16.3. The molecule has 3 heteroatoms. The van der Waals surface area contributed by atoms with Crippen LogP contribution in [-0.4, -0.2) is 35.2 Å². The van der Waals surface area contributed by atoms with Crippen LogP contribution in [-0.2, 0) is 0 Å². The number of hydrogen-bond acceptors (Lipinski definition) is 3. The Hall–Kier alpha value is -0.670. The Morgan fingerprint density at radius 1 is 1.00 bits per heavy atom. The minimum Gasteiger partial charge on any atom is -0.379 e. The normalized spacial score (nSPS) is 19.5. The van der Waals surface area contributed by atoms with Crippen LogP contribution in [0, 0.1) is 0 Å². The van der Waals surface area contributed by atoms with Gasteiger partial charge in [0.25, 0.3) is 0 Å². The third kappa shape index (κ3) is 10.2. The zero-order valence-electron chi connectivity index (χ0n) is 16.1. The van der Waals surface area contributed by atoms with Gasteiger partial charge in [0.1, 0.15) is 12.4 Å². The number of aliphatic hydroxyl groups is 1. The molecule has 1 heterocycles. The van der Waals surface area contributed by atoms with Crippen LogP contribution in [0.1, 0.15) is 97.3 Å². The number of rotatable bonds is 15. The van der Waals surface area contributed by atoms with Crippen molar-refractivity contribution in [3.8, 4) is 0 Å². The quantitative estimate of drug-likeness (QED) is 0.308. The largest absolute Gasteiger partial charge is 0.379 e. The van der Waals surface area contributed by atoms with E-state index in [0.717, 1.165) is 25.8 Å². The summed E-state index contributed by atoms with van der Waals surface area (Å²) in [5, 5.41) is 9.67. The van der Waals surface area contributed by atoms with Crippen molar-refractivity contribution in [1.82, 2.24) is 4.90 Å². The summed E-state index contributed by atoms with van der Waals surface area (Å²) >= 11 is 0. The first-order valence-corrected chi connectivity index (χ1v) is 10.4. The Morgan fingerprint density at radius 2 is 1.58 bits per heavy atom. The first kappa shape index (κ1) is 21.4. The van der Waals surface area contributed by atoms with Crippen LogP contribution in [0.2, 0.25) is 0 Å². The van der Waals surface area contributed by atoms with Gasteiger partial charge in [0, 0.05) is 12.8 Å². The molecule has 0 spiro atoms. The van der Waals surface area contributed by atoms with Crippen molar-refractivity contribution in [2.24, 2.45) is 4.99 Å². The van der Waals surface area contributed by atoms with Crippen LogP contribution in [0.15, 0.2) is 17.1 Å². The van der Waals surface area contributed by atoms with Crippen molar-refractivity contribution in [3.05, 3.63) is 12.2 Å². The topological polar surface area (TPSA) is 35.8 Å². The summed E-state index contributed by atoms with van der Waals surface area (Å²) in [6.07, 6.45) is 23.6. The predicted octanol–water partition coefficient (Wildman–Crippen LogP) is 5.68. The standard InChI is InChI=1S/C21H40N2O/c1-3-4-5-6-7-8-9-10-11-12-13-14-15-16-17-21-22-18-19-23(21)20(2)24/h13-14,18,20-21,24H,3-12,15-17,19H2,1-2H3/b14-13+. The Labute approximate surface area is 150 Å². The van der Waals surface area contributed by atoms with E-state index < -0.39 is 0 Å². The van der Waals surface area contributed by atoms with E-state index in [1.54, 1.807) is 0 Å². The monoisotopic (exact) mass is 336 g/mol. The maximum atomic E-state index is 9.67. The molecule has 2 unspecified atom stereocenters. The summed E-state index contributed by atoms with van der Waals surface area (Å²) in [5.74, 6) is 0. The van der Waals surface area contributed by atoms with Crippen molar-refractivity contribution in [1.29, 1.82) is 0 Å². The minimum atomic E-state index is -0.389. The number of hydrogen-bond donors (Lipinski definition) is 1. The van der Waals surface area contributed by atoms with Crippen LogP contribution in [0.3, 0.4) is 0 Å². The number of allylic oxidation sites excluding steroid dienone is 2. The smallest absolute Gasteiger partial charge is 0.106 e. The third-order valence-electron chi connectivity index (χ3n) is 4.91. The van der Waals surface area contributed by atoms with Crippen molar-refractivity contribution in [2.75, 3.05) is 6.54 Å². The maximum Gasteiger partial charge on any atom is 0.106 e. The summed E-state index contributed by atoms with van der Waals surface area (Å²) < 4.78 is 0. The lowest BCUT2D eigenvalue weighted by Gasteiger charge is -2.25. The molecule has 0 saturated heterocycles. The van der Waals surface area contributed by atoms with Crippen molar-refractivity contribution >= 4 is 6.21 Å². The van der Waals surface area contributed by atoms with Crippen LogP contribution in [0.4, 0.5) is 0 Å². The summed E-state index contributed by atoms with van der Waals surface area (Å²) in [4.78, 5) is 6.50. The van der Waals surface area contributed by atoms with Crippen LogP contribution in [0.25, 0.3) is 0 Å². The number of aliphatic hydroxyl groups excluding tert-OH is 1. The Bertz CT molecular complexity index is 339. The average Bonchev–Trinajstić information content (AvgIpc) is 3.04. The molecule has 0 aromatic heterocycles. The van der Waals surface area contributed by atoms with Gasteiger partial charge in [0.15, 0.2) is 0 Å². The van der Waals surface area contributed by atoms with Crippen molar-refractivity contribution in [3.63, 3.8) is 0 Å². The van der Waals surface area contributed by atoms with E-state index in [-0.39, 0.29) is 12.4 Å². The first-order valence-electron chi connectivity index (χ1n) is 10.4. The van der Waals surface area contributed by atoms with Crippen LogP contribution < -0.4 is 0 Å². The third-order valence-corrected chi connectivity index (χ3v) is 4.91. The fraction of sp³-hybridized carbons (Fsp3) is 0.857. The molecule has 2 atom stereocenters. The van der Waals surface area contributed by atoms with E-state index in [4.69, 9.17) is 0 Å². The molecular weight excluding hydrogens is 296 g/mol. The molecule has 0 bridgehead atoms. The van der Waals surface area contributed by atoms with Crippen molar-refractivity contribution < 1.29 is 5.11 Å². The zero-order valence-corrected chi connectivity index (χ0v) is 16.1. The first-order chi connectivity index (χ1) is 11.8. The van der Waals surface area contributed by atoms with E-state index in [1.807, 2.05) is 18.0 Å². The molecule has 0 saturated carbocycles. The van der Waals surface area contributed by atoms with E-state index in [0.29, 0.717) is 0 Å². The van der Waals surface area contributed by atoms with E-state index in [9.17, 15) is 5.11 Å². The molecule has 1 rings (SSSR count). The van der Waals surface area contributed by atoms with E-state index in [2.05, 4.69) is 24.1 Å². The second-order valence-electron chi connectivity index (χ2n) is 7.16. The molecule has 0 fully saturated rings. The van der Waals surface area contributed by atoms with Gasteiger partial charge in [-0.15, -0.1) is 0 Å². The molecule has 0 aromatic carbocycles. The van der Waals surface area contributed by atoms with Gasteiger partial charge in [-0.2, -0.15) is 0 Å².